The number of aryl methyl sites for hydroxylation is 3. The smallest absolute Gasteiger partial charge is 0.423 e. The molecule has 1 N–H and O–H groups in total. The van der Waals surface area contributed by atoms with Gasteiger partial charge in [-0.3, -0.25) is 13.8 Å². The Morgan fingerprint density at radius 3 is 2.23 bits per heavy atom. The molecule has 0 bridgehead atoms. The summed E-state index contributed by atoms with van der Waals surface area (Å²) in [6, 6.07) is 1.18. The van der Waals surface area contributed by atoms with E-state index in [0.29, 0.717) is 18.5 Å². The molecule has 0 saturated carbocycles. The Bertz CT molecular complexity index is 1190. The maximum atomic E-state index is 13.6. The summed E-state index contributed by atoms with van der Waals surface area (Å²) in [6.07, 6.45) is 8.82. The molecule has 9 nitrogen and oxygen atoms in total. The summed E-state index contributed by atoms with van der Waals surface area (Å²) >= 11 is 0. The first-order valence-corrected chi connectivity index (χ1v) is 13.6. The van der Waals surface area contributed by atoms with E-state index in [1.165, 1.54) is 15.4 Å². The first-order valence-electron chi connectivity index (χ1n) is 12.2. The Hall–Kier alpha value is -1.59. The van der Waals surface area contributed by atoms with Gasteiger partial charge in [-0.15, -0.1) is 0 Å². The van der Waals surface area contributed by atoms with Gasteiger partial charge in [-0.25, -0.2) is 8.42 Å². The SMILES string of the molecule is Cc1c(N(C2CCN(C)CC2)S(=O)(=O)[N-]C(=O)Nc2c3c(cc4c2CCC4)CCC3)cnn1C.[Na+]. The van der Waals surface area contributed by atoms with E-state index in [0.717, 1.165) is 74.1 Å². The molecule has 0 atom stereocenters. The van der Waals surface area contributed by atoms with Gasteiger partial charge in [-0.05, 0) is 106 Å². The Labute approximate surface area is 230 Å². The fourth-order valence-corrected chi connectivity index (χ4v) is 7.05. The van der Waals surface area contributed by atoms with Crippen molar-refractivity contribution in [2.24, 2.45) is 7.05 Å². The second kappa shape index (κ2) is 10.4. The number of hydrogen-bond acceptors (Lipinski definition) is 5. The monoisotopic (exact) mass is 508 g/mol. The van der Waals surface area contributed by atoms with Crippen LogP contribution < -0.4 is 39.2 Å². The van der Waals surface area contributed by atoms with Gasteiger partial charge in [0.2, 0.25) is 0 Å². The predicted octanol–water partition coefficient (Wildman–Crippen LogP) is 0.461. The molecule has 2 heterocycles. The summed E-state index contributed by atoms with van der Waals surface area (Å²) in [7, 11) is -0.472. The van der Waals surface area contributed by atoms with Crippen LogP contribution in [0.4, 0.5) is 16.2 Å². The topological polar surface area (TPSA) is 102 Å². The minimum absolute atomic E-state index is 0. The number of benzene rings is 1. The molecule has 35 heavy (non-hydrogen) atoms. The van der Waals surface area contributed by atoms with E-state index >= 15 is 0 Å². The quantitative estimate of drug-likeness (QED) is 0.592. The number of amides is 2. The van der Waals surface area contributed by atoms with Crippen LogP contribution >= 0.6 is 0 Å². The van der Waals surface area contributed by atoms with Crippen LogP contribution in [0.2, 0.25) is 0 Å². The molecule has 11 heteroatoms. The van der Waals surface area contributed by atoms with Gasteiger partial charge < -0.3 is 14.9 Å². The van der Waals surface area contributed by atoms with Gasteiger partial charge in [0.1, 0.15) is 0 Å². The first kappa shape index (κ1) is 26.5. The zero-order valence-corrected chi connectivity index (χ0v) is 24.0. The van der Waals surface area contributed by atoms with Crippen LogP contribution in [0.3, 0.4) is 0 Å². The number of nitrogens with one attached hydrogen (secondary N) is 1. The summed E-state index contributed by atoms with van der Waals surface area (Å²) < 4.78 is 33.9. The molecular formula is C24H33N6NaO3S. The number of likely N-dealkylation sites (tertiary alicyclic amines) is 1. The molecule has 0 unspecified atom stereocenters. The summed E-state index contributed by atoms with van der Waals surface area (Å²) in [5, 5.41) is 7.14. The molecule has 1 aromatic carbocycles. The molecule has 0 spiro atoms. The van der Waals surface area contributed by atoms with Gasteiger partial charge >= 0.3 is 29.6 Å². The fourth-order valence-electron chi connectivity index (χ4n) is 5.69. The van der Waals surface area contributed by atoms with Crippen molar-refractivity contribution in [3.8, 4) is 0 Å². The van der Waals surface area contributed by atoms with Crippen molar-refractivity contribution in [3.05, 3.63) is 44.9 Å². The Morgan fingerprint density at radius 2 is 1.69 bits per heavy atom. The van der Waals surface area contributed by atoms with E-state index in [1.54, 1.807) is 17.9 Å². The zero-order valence-electron chi connectivity index (χ0n) is 21.2. The van der Waals surface area contributed by atoms with E-state index in [9.17, 15) is 13.2 Å². The number of aromatic nitrogens is 2. The molecule has 2 aliphatic carbocycles. The standard InChI is InChI=1S/C24H34N6O3S.Na/c1-16-22(15-25-29(16)3)30(19-10-12-28(2)13-11-19)34(32,33)27-24(31)26-23-20-8-4-6-17(20)14-18-7-5-9-21(18)23;/h14-15,19H,4-13H2,1-3H3,(H2,26,27,31);/q;+1/p-1. The first-order chi connectivity index (χ1) is 16.2. The number of hydrogen-bond donors (Lipinski definition) is 1. The molecule has 1 saturated heterocycles. The average Bonchev–Trinajstić information content (AvgIpc) is 3.51. The van der Waals surface area contributed by atoms with Gasteiger partial charge in [-0.1, -0.05) is 6.07 Å². The molecule has 1 fully saturated rings. The van der Waals surface area contributed by atoms with Gasteiger partial charge in [0.25, 0.3) is 10.2 Å². The summed E-state index contributed by atoms with van der Waals surface area (Å²) in [6.45, 7) is 3.39. The normalized spacial score (nSPS) is 18.0. The van der Waals surface area contributed by atoms with E-state index in [2.05, 4.69) is 26.1 Å². The van der Waals surface area contributed by atoms with Crippen LogP contribution in [0.1, 0.15) is 53.6 Å². The molecule has 5 rings (SSSR count). The second-order valence-corrected chi connectivity index (χ2v) is 11.3. The number of carbonyl (C=O) groups is 1. The molecule has 2 aromatic rings. The Balaban J connectivity index is 0.00000289. The van der Waals surface area contributed by atoms with Crippen molar-refractivity contribution in [3.63, 3.8) is 0 Å². The third-order valence-corrected chi connectivity index (χ3v) is 9.01. The van der Waals surface area contributed by atoms with Crippen molar-refractivity contribution in [2.45, 2.75) is 64.3 Å². The number of urea groups is 1. The number of fused-ring (bicyclic) bond motifs is 2. The third kappa shape index (κ3) is 5.13. The van der Waals surface area contributed by atoms with E-state index in [1.807, 2.05) is 14.0 Å². The van der Waals surface area contributed by atoms with Gasteiger partial charge in [0, 0.05) is 13.1 Å². The van der Waals surface area contributed by atoms with Crippen LogP contribution in [0.15, 0.2) is 12.3 Å². The summed E-state index contributed by atoms with van der Waals surface area (Å²) in [4.78, 5) is 15.3. The Morgan fingerprint density at radius 1 is 1.09 bits per heavy atom. The number of piperidine rings is 1. The largest absolute Gasteiger partial charge is 1.00 e. The van der Waals surface area contributed by atoms with E-state index in [4.69, 9.17) is 0 Å². The molecule has 1 aromatic heterocycles. The minimum Gasteiger partial charge on any atom is -0.423 e. The van der Waals surface area contributed by atoms with Gasteiger partial charge in [-0.2, -0.15) is 5.10 Å². The minimum atomic E-state index is -4.27. The molecule has 184 valence electrons. The van der Waals surface area contributed by atoms with E-state index < -0.39 is 16.2 Å². The molecule has 0 radical (unpaired) electrons. The van der Waals surface area contributed by atoms with Gasteiger partial charge in [0.15, 0.2) is 6.03 Å². The van der Waals surface area contributed by atoms with Crippen LogP contribution in [0, 0.1) is 6.92 Å². The second-order valence-electron chi connectivity index (χ2n) is 9.80. The molecule has 1 aliphatic heterocycles. The summed E-state index contributed by atoms with van der Waals surface area (Å²) in [5.74, 6) is 0. The molecule has 2 amide bonds. The average molecular weight is 509 g/mol. The molecular weight excluding hydrogens is 475 g/mol. The predicted molar refractivity (Wildman–Crippen MR) is 133 cm³/mol. The number of anilines is 2. The van der Waals surface area contributed by atoms with Crippen molar-refractivity contribution in [1.29, 1.82) is 0 Å². The number of rotatable bonds is 5. The fraction of sp³-hybridized carbons (Fsp3) is 0.583. The van der Waals surface area contributed by atoms with Crippen molar-refractivity contribution in [2.75, 3.05) is 29.8 Å². The maximum absolute atomic E-state index is 13.6. The number of carbonyl (C=O) groups excluding carboxylic acids is 1. The number of nitrogens with zero attached hydrogens (tertiary/aromatic N) is 5. The maximum Gasteiger partial charge on any atom is 1.00 e. The van der Waals surface area contributed by atoms with Crippen molar-refractivity contribution in [1.82, 2.24) is 14.7 Å². The van der Waals surface area contributed by atoms with Crippen LogP contribution in [0.25, 0.3) is 4.72 Å². The van der Waals surface area contributed by atoms with Gasteiger partial charge in [0.05, 0.1) is 17.6 Å². The van der Waals surface area contributed by atoms with Crippen LogP contribution in [0.5, 0.6) is 0 Å². The van der Waals surface area contributed by atoms with Crippen LogP contribution in [-0.4, -0.2) is 55.3 Å². The summed E-state index contributed by atoms with van der Waals surface area (Å²) in [5.41, 5.74) is 6.85. The Kier molecular flexibility index (Phi) is 7.88. The van der Waals surface area contributed by atoms with Crippen molar-refractivity contribution >= 4 is 27.6 Å². The van der Waals surface area contributed by atoms with Crippen molar-refractivity contribution < 1.29 is 42.8 Å². The molecule has 3 aliphatic rings. The zero-order chi connectivity index (χ0) is 24.0. The van der Waals surface area contributed by atoms with E-state index in [-0.39, 0.29) is 35.6 Å². The third-order valence-electron chi connectivity index (χ3n) is 7.62. The van der Waals surface area contributed by atoms with Crippen LogP contribution in [-0.2, 0) is 42.9 Å².